The number of rotatable bonds is 1. The molecule has 0 saturated heterocycles. The van der Waals surface area contributed by atoms with Crippen LogP contribution in [0.1, 0.15) is 11.3 Å². The van der Waals surface area contributed by atoms with E-state index in [9.17, 15) is 0 Å². The summed E-state index contributed by atoms with van der Waals surface area (Å²) in [4.78, 5) is 3.04. The van der Waals surface area contributed by atoms with Crippen molar-refractivity contribution in [2.24, 2.45) is 0 Å². The summed E-state index contributed by atoms with van der Waals surface area (Å²) in [5, 5.41) is 5.50. The van der Waals surface area contributed by atoms with Gasteiger partial charge in [-0.15, -0.1) is 0 Å². The van der Waals surface area contributed by atoms with Crippen LogP contribution in [0.15, 0.2) is 18.8 Å². The predicted molar refractivity (Wildman–Crippen MR) is 45.5 cm³/mol. The van der Waals surface area contributed by atoms with Crippen molar-refractivity contribution in [3.63, 3.8) is 0 Å². The monoisotopic (exact) mass is 136 g/mol. The number of nitrogens with one attached hydrogen (secondary N) is 2. The normalized spacial score (nSPS) is 7.70. The molecule has 0 unspecified atom stereocenters. The van der Waals surface area contributed by atoms with Crippen LogP contribution in [0.4, 0.5) is 0 Å². The molecule has 0 amide bonds. The van der Waals surface area contributed by atoms with Crippen LogP contribution in [-0.2, 0) is 0 Å². The molecule has 0 aliphatic heterocycles. The third-order valence-corrected chi connectivity index (χ3v) is 1.07. The standard InChI is InChI=1S/C7H9N.CH3N/c1-3-7-4-6(2)5-8-7;1-2/h3-5,8H,1H2,2H3;2H,1H2. The van der Waals surface area contributed by atoms with E-state index < -0.39 is 0 Å². The maximum atomic E-state index is 5.50. The molecule has 0 spiro atoms. The van der Waals surface area contributed by atoms with E-state index in [4.69, 9.17) is 5.41 Å². The van der Waals surface area contributed by atoms with Crippen molar-refractivity contribution in [2.75, 3.05) is 0 Å². The summed E-state index contributed by atoms with van der Waals surface area (Å²) < 4.78 is 0. The second kappa shape index (κ2) is 4.56. The molecule has 2 nitrogen and oxygen atoms in total. The zero-order chi connectivity index (χ0) is 7.98. The molecule has 0 fully saturated rings. The number of aryl methyl sites for hydroxylation is 1. The van der Waals surface area contributed by atoms with Gasteiger partial charge >= 0.3 is 0 Å². The van der Waals surface area contributed by atoms with Crippen molar-refractivity contribution in [3.05, 3.63) is 30.1 Å². The highest BCUT2D eigenvalue weighted by Gasteiger charge is 1.85. The maximum absolute atomic E-state index is 5.50. The van der Waals surface area contributed by atoms with Gasteiger partial charge in [-0.2, -0.15) is 0 Å². The van der Waals surface area contributed by atoms with Gasteiger partial charge in [0, 0.05) is 11.9 Å². The first-order chi connectivity index (χ1) is 4.83. The molecule has 10 heavy (non-hydrogen) atoms. The van der Waals surface area contributed by atoms with E-state index in [0.717, 1.165) is 5.69 Å². The predicted octanol–water partition coefficient (Wildman–Crippen LogP) is 2.23. The summed E-state index contributed by atoms with van der Waals surface area (Å²) in [6, 6.07) is 2.05. The lowest BCUT2D eigenvalue weighted by Crippen LogP contribution is -1.61. The van der Waals surface area contributed by atoms with Gasteiger partial charge in [-0.1, -0.05) is 6.58 Å². The summed E-state index contributed by atoms with van der Waals surface area (Å²) in [5.74, 6) is 0. The first kappa shape index (κ1) is 8.69. The van der Waals surface area contributed by atoms with Crippen LogP contribution in [0, 0.1) is 12.3 Å². The smallest absolute Gasteiger partial charge is 0.0377 e. The lowest BCUT2D eigenvalue weighted by Gasteiger charge is -1.75. The number of aromatic nitrogens is 1. The Morgan fingerprint density at radius 1 is 1.60 bits per heavy atom. The third-order valence-electron chi connectivity index (χ3n) is 1.07. The Hall–Kier alpha value is -1.31. The topological polar surface area (TPSA) is 39.6 Å². The van der Waals surface area contributed by atoms with Crippen LogP contribution >= 0.6 is 0 Å². The summed E-state index contributed by atoms with van der Waals surface area (Å²) in [6.45, 7) is 8.16. The van der Waals surface area contributed by atoms with Crippen molar-refractivity contribution in [1.82, 2.24) is 4.98 Å². The molecule has 0 bridgehead atoms. The van der Waals surface area contributed by atoms with Crippen molar-refractivity contribution in [3.8, 4) is 0 Å². The molecule has 1 heterocycles. The SMILES string of the molecule is C=Cc1cc(C)c[nH]1.C=N. The van der Waals surface area contributed by atoms with Crippen LogP contribution in [-0.4, -0.2) is 11.7 Å². The molecule has 1 rings (SSSR count). The van der Waals surface area contributed by atoms with Crippen molar-refractivity contribution < 1.29 is 0 Å². The lowest BCUT2D eigenvalue weighted by molar-refractivity contribution is 1.36. The molecule has 0 aromatic carbocycles. The molecule has 0 atom stereocenters. The average molecular weight is 136 g/mol. The molecule has 54 valence electrons. The van der Waals surface area contributed by atoms with Gasteiger partial charge in [-0.3, -0.25) is 0 Å². The Labute approximate surface area is 61.1 Å². The van der Waals surface area contributed by atoms with Gasteiger partial charge in [-0.25, -0.2) is 0 Å². The molecule has 0 radical (unpaired) electrons. The fourth-order valence-corrected chi connectivity index (χ4v) is 0.644. The van der Waals surface area contributed by atoms with Crippen LogP contribution in [0.3, 0.4) is 0 Å². The Balaban J connectivity index is 0.000000371. The second-order valence-corrected chi connectivity index (χ2v) is 1.84. The highest BCUT2D eigenvalue weighted by atomic mass is 14.7. The van der Waals surface area contributed by atoms with E-state index in [1.807, 2.05) is 19.2 Å². The molecule has 0 aliphatic carbocycles. The zero-order valence-corrected chi connectivity index (χ0v) is 6.15. The highest BCUT2D eigenvalue weighted by molar-refractivity contribution is 5.42. The highest BCUT2D eigenvalue weighted by Crippen LogP contribution is 2.00. The Kier molecular flexibility index (Phi) is 3.96. The Morgan fingerprint density at radius 3 is 2.40 bits per heavy atom. The number of aromatic amines is 1. The Bertz CT molecular complexity index is 201. The van der Waals surface area contributed by atoms with Gasteiger partial charge in [0.2, 0.25) is 0 Å². The second-order valence-electron chi connectivity index (χ2n) is 1.84. The molecule has 1 aromatic heterocycles. The lowest BCUT2D eigenvalue weighted by atomic mass is 10.3. The fourth-order valence-electron chi connectivity index (χ4n) is 0.644. The fraction of sp³-hybridized carbons (Fsp3) is 0.125. The molecule has 0 saturated carbocycles. The quantitative estimate of drug-likeness (QED) is 0.556. The third kappa shape index (κ3) is 2.31. The van der Waals surface area contributed by atoms with E-state index in [1.165, 1.54) is 5.56 Å². The average Bonchev–Trinajstić information content (AvgIpc) is 2.40. The van der Waals surface area contributed by atoms with E-state index in [1.54, 1.807) is 6.08 Å². The number of hydrogen-bond acceptors (Lipinski definition) is 1. The van der Waals surface area contributed by atoms with Gasteiger partial charge in [0.15, 0.2) is 0 Å². The summed E-state index contributed by atoms with van der Waals surface area (Å²) >= 11 is 0. The van der Waals surface area contributed by atoms with E-state index in [0.29, 0.717) is 0 Å². The van der Waals surface area contributed by atoms with Gasteiger partial charge < -0.3 is 10.4 Å². The van der Waals surface area contributed by atoms with Gasteiger partial charge in [0.25, 0.3) is 0 Å². The van der Waals surface area contributed by atoms with Gasteiger partial charge in [0.1, 0.15) is 0 Å². The van der Waals surface area contributed by atoms with E-state index in [2.05, 4.69) is 18.3 Å². The minimum atomic E-state index is 1.09. The van der Waals surface area contributed by atoms with Crippen molar-refractivity contribution in [2.45, 2.75) is 6.92 Å². The molecule has 2 heteroatoms. The van der Waals surface area contributed by atoms with Crippen molar-refractivity contribution in [1.29, 1.82) is 5.41 Å². The first-order valence-electron chi connectivity index (χ1n) is 2.96. The van der Waals surface area contributed by atoms with E-state index in [-0.39, 0.29) is 0 Å². The summed E-state index contributed by atoms with van der Waals surface area (Å²) in [6.07, 6.45) is 3.75. The van der Waals surface area contributed by atoms with Crippen LogP contribution < -0.4 is 0 Å². The van der Waals surface area contributed by atoms with Crippen LogP contribution in [0.5, 0.6) is 0 Å². The minimum Gasteiger partial charge on any atom is -0.361 e. The Morgan fingerprint density at radius 2 is 2.20 bits per heavy atom. The molecule has 1 aromatic rings. The molecular formula is C8H12N2. The largest absolute Gasteiger partial charge is 0.361 e. The van der Waals surface area contributed by atoms with Gasteiger partial charge in [-0.05, 0) is 31.3 Å². The number of hydrogen-bond donors (Lipinski definition) is 2. The number of H-pyrrole nitrogens is 1. The maximum Gasteiger partial charge on any atom is 0.0377 e. The molecule has 0 aliphatic rings. The first-order valence-corrected chi connectivity index (χ1v) is 2.96. The van der Waals surface area contributed by atoms with Crippen LogP contribution in [0.25, 0.3) is 6.08 Å². The van der Waals surface area contributed by atoms with E-state index >= 15 is 0 Å². The molecule has 2 N–H and O–H groups in total. The summed E-state index contributed by atoms with van der Waals surface area (Å²) in [7, 11) is 0. The van der Waals surface area contributed by atoms with Crippen molar-refractivity contribution >= 4 is 12.8 Å². The minimum absolute atomic E-state index is 1.09. The zero-order valence-electron chi connectivity index (χ0n) is 6.15. The summed E-state index contributed by atoms with van der Waals surface area (Å²) in [5.41, 5.74) is 2.34. The molecular weight excluding hydrogens is 124 g/mol. The van der Waals surface area contributed by atoms with Gasteiger partial charge in [0.05, 0.1) is 0 Å². The van der Waals surface area contributed by atoms with Crippen LogP contribution in [0.2, 0.25) is 0 Å².